The molecule has 0 N–H and O–H groups in total. The Bertz CT molecular complexity index is 147. The molecule has 0 spiro atoms. The van der Waals surface area contributed by atoms with Gasteiger partial charge >= 0.3 is 0 Å². The fraction of sp³-hybridized carbons (Fsp3) is 0.700. The first kappa shape index (κ1) is 10.5. The highest BCUT2D eigenvalue weighted by Crippen LogP contribution is 2.06. The molecule has 0 bridgehead atoms. The lowest BCUT2D eigenvalue weighted by molar-refractivity contribution is -0.873. The minimum atomic E-state index is 0.726. The SMILES string of the molecule is C=C=CCC(C)C[N+](C)(C)C. The molecule has 0 radical (unpaired) electrons. The average Bonchev–Trinajstić information content (AvgIpc) is 1.79. The van der Waals surface area contributed by atoms with Crippen LogP contribution in [0.25, 0.3) is 0 Å². The molecule has 0 fully saturated rings. The molecule has 1 atom stereocenters. The number of rotatable bonds is 4. The normalized spacial score (nSPS) is 13.8. The van der Waals surface area contributed by atoms with E-state index in [1.807, 2.05) is 6.08 Å². The van der Waals surface area contributed by atoms with Crippen molar-refractivity contribution in [2.24, 2.45) is 5.92 Å². The van der Waals surface area contributed by atoms with Crippen molar-refractivity contribution < 1.29 is 4.48 Å². The van der Waals surface area contributed by atoms with Gasteiger partial charge in [-0.1, -0.05) is 13.5 Å². The van der Waals surface area contributed by atoms with Crippen LogP contribution in [0.5, 0.6) is 0 Å². The van der Waals surface area contributed by atoms with Gasteiger partial charge in [-0.25, -0.2) is 0 Å². The van der Waals surface area contributed by atoms with Crippen LogP contribution in [-0.4, -0.2) is 32.2 Å². The van der Waals surface area contributed by atoms with Crippen LogP contribution in [0.2, 0.25) is 0 Å². The van der Waals surface area contributed by atoms with Gasteiger partial charge in [-0.2, -0.15) is 0 Å². The first-order chi connectivity index (χ1) is 4.95. The second-order valence-corrected chi connectivity index (χ2v) is 4.22. The Morgan fingerprint density at radius 1 is 1.45 bits per heavy atom. The molecule has 11 heavy (non-hydrogen) atoms. The first-order valence-electron chi connectivity index (χ1n) is 4.10. The van der Waals surface area contributed by atoms with E-state index < -0.39 is 0 Å². The molecule has 0 amide bonds. The lowest BCUT2D eigenvalue weighted by Crippen LogP contribution is -2.38. The molecule has 1 heteroatoms. The Labute approximate surface area is 70.6 Å². The number of hydrogen-bond donors (Lipinski definition) is 0. The lowest BCUT2D eigenvalue weighted by Gasteiger charge is -2.26. The predicted molar refractivity (Wildman–Crippen MR) is 50.4 cm³/mol. The number of quaternary nitrogens is 1. The third-order valence-corrected chi connectivity index (χ3v) is 1.52. The Morgan fingerprint density at radius 2 is 2.00 bits per heavy atom. The number of hydrogen-bond acceptors (Lipinski definition) is 0. The van der Waals surface area contributed by atoms with Gasteiger partial charge in [0.2, 0.25) is 0 Å². The van der Waals surface area contributed by atoms with Gasteiger partial charge in [-0.3, -0.25) is 0 Å². The molecule has 1 nitrogen and oxygen atoms in total. The van der Waals surface area contributed by atoms with E-state index in [-0.39, 0.29) is 0 Å². The van der Waals surface area contributed by atoms with Crippen LogP contribution >= 0.6 is 0 Å². The van der Waals surface area contributed by atoms with E-state index in [0.29, 0.717) is 0 Å². The van der Waals surface area contributed by atoms with E-state index in [1.54, 1.807) is 0 Å². The largest absolute Gasteiger partial charge is 0.331 e. The van der Waals surface area contributed by atoms with Gasteiger partial charge in [0, 0.05) is 5.92 Å². The van der Waals surface area contributed by atoms with Gasteiger partial charge in [0.1, 0.15) is 0 Å². The van der Waals surface area contributed by atoms with Gasteiger partial charge in [0.15, 0.2) is 0 Å². The van der Waals surface area contributed by atoms with E-state index in [9.17, 15) is 0 Å². The topological polar surface area (TPSA) is 0 Å². The minimum absolute atomic E-state index is 0.726. The summed E-state index contributed by atoms with van der Waals surface area (Å²) in [7, 11) is 6.65. The van der Waals surface area contributed by atoms with E-state index in [2.05, 4.69) is 40.4 Å². The van der Waals surface area contributed by atoms with Crippen LogP contribution in [0.15, 0.2) is 18.4 Å². The molecule has 0 aromatic carbocycles. The quantitative estimate of drug-likeness (QED) is 0.429. The summed E-state index contributed by atoms with van der Waals surface area (Å²) in [4.78, 5) is 0. The zero-order chi connectivity index (χ0) is 8.91. The zero-order valence-corrected chi connectivity index (χ0v) is 8.22. The zero-order valence-electron chi connectivity index (χ0n) is 8.22. The summed E-state index contributed by atoms with van der Waals surface area (Å²) in [5.74, 6) is 0.726. The molecular formula is C10H20N+. The van der Waals surface area contributed by atoms with Crippen LogP contribution in [0, 0.1) is 5.92 Å². The van der Waals surface area contributed by atoms with Crippen molar-refractivity contribution in [2.45, 2.75) is 13.3 Å². The molecule has 0 aliphatic rings. The summed E-state index contributed by atoms with van der Waals surface area (Å²) in [5, 5.41) is 0. The summed E-state index contributed by atoms with van der Waals surface area (Å²) >= 11 is 0. The average molecular weight is 154 g/mol. The maximum Gasteiger partial charge on any atom is 0.0809 e. The second-order valence-electron chi connectivity index (χ2n) is 4.22. The molecular weight excluding hydrogens is 134 g/mol. The fourth-order valence-electron chi connectivity index (χ4n) is 1.29. The van der Waals surface area contributed by atoms with Gasteiger partial charge < -0.3 is 4.48 Å². The van der Waals surface area contributed by atoms with Gasteiger partial charge in [0.05, 0.1) is 27.7 Å². The Kier molecular flexibility index (Phi) is 4.17. The highest BCUT2D eigenvalue weighted by molar-refractivity contribution is 4.77. The molecule has 0 saturated carbocycles. The van der Waals surface area contributed by atoms with Gasteiger partial charge in [-0.15, -0.1) is 5.73 Å². The van der Waals surface area contributed by atoms with Crippen LogP contribution in [0.1, 0.15) is 13.3 Å². The highest BCUT2D eigenvalue weighted by Gasteiger charge is 2.11. The summed E-state index contributed by atoms with van der Waals surface area (Å²) in [6.45, 7) is 7.01. The molecule has 0 aromatic heterocycles. The van der Waals surface area contributed by atoms with Crippen LogP contribution in [0.4, 0.5) is 0 Å². The van der Waals surface area contributed by atoms with Crippen molar-refractivity contribution in [1.82, 2.24) is 0 Å². The Morgan fingerprint density at radius 3 is 2.36 bits per heavy atom. The van der Waals surface area contributed by atoms with Crippen molar-refractivity contribution in [3.63, 3.8) is 0 Å². The van der Waals surface area contributed by atoms with Crippen molar-refractivity contribution >= 4 is 0 Å². The maximum atomic E-state index is 3.54. The summed E-state index contributed by atoms with van der Waals surface area (Å²) in [5.41, 5.74) is 2.80. The molecule has 64 valence electrons. The maximum absolute atomic E-state index is 3.54. The van der Waals surface area contributed by atoms with Crippen LogP contribution in [0.3, 0.4) is 0 Å². The van der Waals surface area contributed by atoms with Crippen LogP contribution < -0.4 is 0 Å². The van der Waals surface area contributed by atoms with E-state index in [0.717, 1.165) is 16.8 Å². The summed E-state index contributed by atoms with van der Waals surface area (Å²) < 4.78 is 1.03. The molecule has 0 aromatic rings. The molecule has 1 unspecified atom stereocenters. The van der Waals surface area contributed by atoms with Crippen molar-refractivity contribution in [3.05, 3.63) is 18.4 Å². The third kappa shape index (κ3) is 7.38. The van der Waals surface area contributed by atoms with Crippen molar-refractivity contribution in [3.8, 4) is 0 Å². The predicted octanol–water partition coefficient (Wildman–Crippen LogP) is 2.06. The van der Waals surface area contributed by atoms with E-state index >= 15 is 0 Å². The molecule has 0 saturated heterocycles. The standard InChI is InChI=1S/C10H20N/c1-6-7-8-10(2)9-11(3,4)5/h7,10H,1,8-9H2,2-5H3/q+1. The minimum Gasteiger partial charge on any atom is -0.331 e. The molecule has 0 aliphatic carbocycles. The summed E-state index contributed by atoms with van der Waals surface area (Å²) in [6.07, 6.45) is 3.11. The second kappa shape index (κ2) is 4.38. The molecule has 0 rings (SSSR count). The highest BCUT2D eigenvalue weighted by atomic mass is 15.3. The van der Waals surface area contributed by atoms with Crippen LogP contribution in [-0.2, 0) is 0 Å². The Balaban J connectivity index is 3.69. The van der Waals surface area contributed by atoms with Gasteiger partial charge in [0.25, 0.3) is 0 Å². The van der Waals surface area contributed by atoms with Gasteiger partial charge in [-0.05, 0) is 12.5 Å². The fourth-order valence-corrected chi connectivity index (χ4v) is 1.29. The summed E-state index contributed by atoms with van der Waals surface area (Å²) in [6, 6.07) is 0. The molecule has 0 heterocycles. The number of nitrogens with zero attached hydrogens (tertiary/aromatic N) is 1. The van der Waals surface area contributed by atoms with Crippen molar-refractivity contribution in [1.29, 1.82) is 0 Å². The molecule has 0 aliphatic heterocycles. The monoisotopic (exact) mass is 154 g/mol. The number of allylic oxidation sites excluding steroid dienone is 1. The smallest absolute Gasteiger partial charge is 0.0809 e. The first-order valence-corrected chi connectivity index (χ1v) is 4.10. The van der Waals surface area contributed by atoms with E-state index in [1.165, 1.54) is 6.54 Å². The lowest BCUT2D eigenvalue weighted by atomic mass is 10.1. The van der Waals surface area contributed by atoms with E-state index in [4.69, 9.17) is 0 Å². The third-order valence-electron chi connectivity index (χ3n) is 1.52. The Hall–Kier alpha value is -0.520. The van der Waals surface area contributed by atoms with Crippen molar-refractivity contribution in [2.75, 3.05) is 27.7 Å².